The van der Waals surface area contributed by atoms with E-state index in [9.17, 15) is 4.79 Å². The summed E-state index contributed by atoms with van der Waals surface area (Å²) in [5.74, 6) is 1.56. The second-order valence-electron chi connectivity index (χ2n) is 7.80. The molecule has 0 heterocycles. The molecule has 146 valence electrons. The highest BCUT2D eigenvalue weighted by Crippen LogP contribution is 2.28. The molecule has 1 amide bonds. The highest BCUT2D eigenvalue weighted by atomic mass is 16.5. The Morgan fingerprint density at radius 2 is 1.70 bits per heavy atom. The van der Waals surface area contributed by atoms with Crippen molar-refractivity contribution in [2.75, 3.05) is 18.5 Å². The van der Waals surface area contributed by atoms with E-state index < -0.39 is 0 Å². The predicted molar refractivity (Wildman–Crippen MR) is 111 cm³/mol. The van der Waals surface area contributed by atoms with Crippen molar-refractivity contribution in [2.24, 2.45) is 5.92 Å². The number of nitrogens with one attached hydrogen (secondary N) is 1. The van der Waals surface area contributed by atoms with Crippen molar-refractivity contribution in [3.8, 4) is 11.5 Å². The Labute approximate surface area is 162 Å². The molecule has 0 spiro atoms. The summed E-state index contributed by atoms with van der Waals surface area (Å²) in [6.07, 6.45) is 1.06. The molecule has 0 unspecified atom stereocenters. The molecule has 27 heavy (non-hydrogen) atoms. The molecule has 0 radical (unpaired) electrons. The van der Waals surface area contributed by atoms with Gasteiger partial charge in [0, 0.05) is 0 Å². The van der Waals surface area contributed by atoms with Gasteiger partial charge >= 0.3 is 0 Å². The molecule has 2 aromatic carbocycles. The number of carbonyl (C=O) groups is 1. The van der Waals surface area contributed by atoms with Crippen molar-refractivity contribution in [1.29, 1.82) is 0 Å². The lowest BCUT2D eigenvalue weighted by Crippen LogP contribution is -2.21. The van der Waals surface area contributed by atoms with Crippen LogP contribution in [0.4, 0.5) is 5.69 Å². The number of benzene rings is 2. The zero-order valence-corrected chi connectivity index (χ0v) is 17.0. The van der Waals surface area contributed by atoms with Gasteiger partial charge in [-0.25, -0.2) is 0 Å². The monoisotopic (exact) mass is 369 g/mol. The fourth-order valence-electron chi connectivity index (χ4n) is 2.49. The Morgan fingerprint density at radius 3 is 2.33 bits per heavy atom. The molecule has 0 bridgehead atoms. The molecule has 0 aliphatic carbocycles. The fraction of sp³-hybridized carbons (Fsp3) is 0.435. The first-order valence-corrected chi connectivity index (χ1v) is 9.57. The van der Waals surface area contributed by atoms with Crippen LogP contribution in [0.1, 0.15) is 46.6 Å². The average Bonchev–Trinajstić information content (AvgIpc) is 2.66. The third-order valence-electron chi connectivity index (χ3n) is 4.62. The average molecular weight is 370 g/mol. The van der Waals surface area contributed by atoms with Crippen molar-refractivity contribution in [1.82, 2.24) is 0 Å². The van der Waals surface area contributed by atoms with Crippen LogP contribution in [0.25, 0.3) is 0 Å². The van der Waals surface area contributed by atoms with Gasteiger partial charge in [-0.05, 0) is 47.6 Å². The summed E-state index contributed by atoms with van der Waals surface area (Å²) in [5.41, 5.74) is 2.06. The van der Waals surface area contributed by atoms with Gasteiger partial charge in [0.1, 0.15) is 11.5 Å². The fourth-order valence-corrected chi connectivity index (χ4v) is 2.49. The van der Waals surface area contributed by atoms with Crippen molar-refractivity contribution < 1.29 is 14.3 Å². The number of ether oxygens (including phenoxy) is 2. The molecule has 4 heteroatoms. The quantitative estimate of drug-likeness (QED) is 0.641. The van der Waals surface area contributed by atoms with E-state index in [4.69, 9.17) is 9.47 Å². The minimum absolute atomic E-state index is 0.0466. The Morgan fingerprint density at radius 1 is 1.04 bits per heavy atom. The van der Waals surface area contributed by atoms with Gasteiger partial charge in [0.25, 0.3) is 5.91 Å². The maximum atomic E-state index is 12.3. The van der Waals surface area contributed by atoms with Crippen LogP contribution in [-0.4, -0.2) is 19.1 Å². The largest absolute Gasteiger partial charge is 0.491 e. The van der Waals surface area contributed by atoms with Crippen LogP contribution >= 0.6 is 0 Å². The van der Waals surface area contributed by atoms with Gasteiger partial charge < -0.3 is 14.8 Å². The smallest absolute Gasteiger partial charge is 0.262 e. The number of rotatable bonds is 9. The molecule has 4 nitrogen and oxygen atoms in total. The third kappa shape index (κ3) is 6.31. The molecular formula is C23H31NO3. The summed E-state index contributed by atoms with van der Waals surface area (Å²) >= 11 is 0. The molecule has 0 aliphatic heterocycles. The molecule has 0 aromatic heterocycles. The lowest BCUT2D eigenvalue weighted by molar-refractivity contribution is -0.118. The Bertz CT molecular complexity index is 736. The minimum atomic E-state index is -0.214. The Hall–Kier alpha value is -2.49. The zero-order valence-electron chi connectivity index (χ0n) is 17.0. The molecular weight excluding hydrogens is 338 g/mol. The molecule has 0 atom stereocenters. The van der Waals surface area contributed by atoms with E-state index in [-0.39, 0.29) is 17.9 Å². The van der Waals surface area contributed by atoms with E-state index in [1.165, 1.54) is 5.56 Å². The summed E-state index contributed by atoms with van der Waals surface area (Å²) in [4.78, 5) is 12.3. The van der Waals surface area contributed by atoms with Gasteiger partial charge in [0.2, 0.25) is 0 Å². The number of anilines is 1. The maximum Gasteiger partial charge on any atom is 0.262 e. The van der Waals surface area contributed by atoms with Crippen molar-refractivity contribution >= 4 is 11.6 Å². The normalized spacial score (nSPS) is 11.3. The van der Waals surface area contributed by atoms with E-state index in [0.717, 1.165) is 6.42 Å². The second kappa shape index (κ2) is 9.45. The molecule has 2 rings (SSSR count). The van der Waals surface area contributed by atoms with Gasteiger partial charge in [0.15, 0.2) is 6.61 Å². The molecule has 2 aromatic rings. The number of hydrogen-bond acceptors (Lipinski definition) is 3. The summed E-state index contributed by atoms with van der Waals surface area (Å²) in [5, 5.41) is 2.86. The molecule has 1 N–H and O–H groups in total. The number of hydrogen-bond donors (Lipinski definition) is 1. The number of amides is 1. The number of carbonyl (C=O) groups excluding carboxylic acids is 1. The van der Waals surface area contributed by atoms with Crippen LogP contribution in [-0.2, 0) is 10.2 Å². The lowest BCUT2D eigenvalue weighted by Gasteiger charge is -2.23. The van der Waals surface area contributed by atoms with Crippen molar-refractivity contribution in [2.45, 2.75) is 46.5 Å². The van der Waals surface area contributed by atoms with Gasteiger partial charge in [-0.2, -0.15) is 0 Å². The van der Waals surface area contributed by atoms with E-state index in [1.54, 1.807) is 0 Å². The summed E-state index contributed by atoms with van der Waals surface area (Å²) < 4.78 is 11.4. The van der Waals surface area contributed by atoms with Crippen LogP contribution in [0, 0.1) is 5.92 Å². The van der Waals surface area contributed by atoms with E-state index in [1.807, 2.05) is 36.4 Å². The Kier molecular flexibility index (Phi) is 7.28. The lowest BCUT2D eigenvalue weighted by atomic mass is 9.82. The highest BCUT2D eigenvalue weighted by Gasteiger charge is 2.17. The van der Waals surface area contributed by atoms with E-state index in [2.05, 4.69) is 52.1 Å². The summed E-state index contributed by atoms with van der Waals surface area (Å²) in [6, 6.07) is 15.4. The Balaban J connectivity index is 1.91. The van der Waals surface area contributed by atoms with Crippen LogP contribution < -0.4 is 14.8 Å². The predicted octanol–water partition coefficient (Wildman–Crippen LogP) is 5.43. The van der Waals surface area contributed by atoms with Gasteiger partial charge in [-0.3, -0.25) is 4.79 Å². The zero-order chi connectivity index (χ0) is 19.9. The van der Waals surface area contributed by atoms with E-state index >= 15 is 0 Å². The third-order valence-corrected chi connectivity index (χ3v) is 4.62. The SMILES string of the molecule is CCC(C)(C)c1ccc(OCC(=O)Nc2ccccc2OCC(C)C)cc1. The first kappa shape index (κ1) is 20.8. The first-order valence-electron chi connectivity index (χ1n) is 9.57. The van der Waals surface area contributed by atoms with Crippen molar-refractivity contribution in [3.05, 3.63) is 54.1 Å². The minimum Gasteiger partial charge on any atom is -0.491 e. The highest BCUT2D eigenvalue weighted by molar-refractivity contribution is 5.93. The van der Waals surface area contributed by atoms with Gasteiger partial charge in [-0.1, -0.05) is 58.9 Å². The molecule has 0 saturated carbocycles. The van der Waals surface area contributed by atoms with Gasteiger partial charge in [0.05, 0.1) is 12.3 Å². The maximum absolute atomic E-state index is 12.3. The molecule has 0 fully saturated rings. The summed E-state index contributed by atoms with van der Waals surface area (Å²) in [7, 11) is 0. The molecule has 0 aliphatic rings. The standard InChI is InChI=1S/C23H31NO3/c1-6-23(4,5)18-11-13-19(14-12-18)26-16-22(25)24-20-9-7-8-10-21(20)27-15-17(2)3/h7-14,17H,6,15-16H2,1-5H3,(H,24,25). The van der Waals surface area contributed by atoms with Crippen LogP contribution in [0.5, 0.6) is 11.5 Å². The van der Waals surface area contributed by atoms with Crippen molar-refractivity contribution in [3.63, 3.8) is 0 Å². The van der Waals surface area contributed by atoms with Crippen LogP contribution in [0.2, 0.25) is 0 Å². The molecule has 0 saturated heterocycles. The second-order valence-corrected chi connectivity index (χ2v) is 7.80. The first-order chi connectivity index (χ1) is 12.8. The van der Waals surface area contributed by atoms with Crippen LogP contribution in [0.3, 0.4) is 0 Å². The summed E-state index contributed by atoms with van der Waals surface area (Å²) in [6.45, 7) is 11.3. The topological polar surface area (TPSA) is 47.6 Å². The van der Waals surface area contributed by atoms with Gasteiger partial charge in [-0.15, -0.1) is 0 Å². The van der Waals surface area contributed by atoms with Crippen LogP contribution in [0.15, 0.2) is 48.5 Å². The number of para-hydroxylation sites is 2. The van der Waals surface area contributed by atoms with E-state index in [0.29, 0.717) is 29.7 Å².